The van der Waals surface area contributed by atoms with Gasteiger partial charge in [-0.1, -0.05) is 48.5 Å². The topological polar surface area (TPSA) is 61.8 Å². The van der Waals surface area contributed by atoms with Gasteiger partial charge in [-0.3, -0.25) is 4.79 Å². The van der Waals surface area contributed by atoms with E-state index < -0.39 is 6.03 Å². The van der Waals surface area contributed by atoms with Gasteiger partial charge < -0.3 is 10.2 Å². The van der Waals surface area contributed by atoms with E-state index in [1.54, 1.807) is 12.1 Å². The van der Waals surface area contributed by atoms with Gasteiger partial charge in [0, 0.05) is 24.2 Å². The zero-order chi connectivity index (χ0) is 16.8. The van der Waals surface area contributed by atoms with Gasteiger partial charge in [0.1, 0.15) is 5.84 Å². The number of hydrogen-bond donors (Lipinski definition) is 1. The van der Waals surface area contributed by atoms with Crippen molar-refractivity contribution < 1.29 is 9.59 Å². The van der Waals surface area contributed by atoms with Crippen molar-refractivity contribution in [3.05, 3.63) is 66.2 Å². The summed E-state index contributed by atoms with van der Waals surface area (Å²) in [6.07, 6.45) is 1.61. The first-order valence-electron chi connectivity index (χ1n) is 7.99. The van der Waals surface area contributed by atoms with Gasteiger partial charge in [-0.05, 0) is 18.6 Å². The average Bonchev–Trinajstić information content (AvgIpc) is 3.03. The van der Waals surface area contributed by atoms with Gasteiger partial charge in [0.2, 0.25) is 0 Å². The van der Waals surface area contributed by atoms with E-state index in [9.17, 15) is 9.59 Å². The molecule has 2 aromatic carbocycles. The molecular weight excluding hydrogens is 302 g/mol. The number of carbonyl (C=O) groups excluding carboxylic acids is 2. The Morgan fingerprint density at radius 2 is 1.67 bits per heavy atom. The third kappa shape index (κ3) is 4.07. The van der Waals surface area contributed by atoms with Crippen LogP contribution in [0.3, 0.4) is 0 Å². The first-order valence-corrected chi connectivity index (χ1v) is 7.99. The molecule has 122 valence electrons. The van der Waals surface area contributed by atoms with E-state index in [-0.39, 0.29) is 12.3 Å². The van der Waals surface area contributed by atoms with Gasteiger partial charge in [-0.25, -0.2) is 4.79 Å². The zero-order valence-corrected chi connectivity index (χ0v) is 13.3. The normalized spacial score (nSPS) is 15.5. The fourth-order valence-corrected chi connectivity index (χ4v) is 2.69. The largest absolute Gasteiger partial charge is 0.352 e. The minimum Gasteiger partial charge on any atom is -0.352 e. The summed E-state index contributed by atoms with van der Waals surface area (Å²) < 4.78 is 0. The molecule has 0 atom stereocenters. The van der Waals surface area contributed by atoms with Crippen molar-refractivity contribution in [1.29, 1.82) is 0 Å². The highest BCUT2D eigenvalue weighted by atomic mass is 16.2. The Morgan fingerprint density at radius 1 is 1.00 bits per heavy atom. The molecule has 5 nitrogen and oxygen atoms in total. The van der Waals surface area contributed by atoms with Crippen LogP contribution in [0.25, 0.3) is 0 Å². The Hall–Kier alpha value is -2.95. The van der Waals surface area contributed by atoms with E-state index in [0.29, 0.717) is 23.5 Å². The summed E-state index contributed by atoms with van der Waals surface area (Å²) >= 11 is 0. The van der Waals surface area contributed by atoms with Crippen LogP contribution in [0.4, 0.5) is 10.5 Å². The number of ketones is 1. The second-order valence-electron chi connectivity index (χ2n) is 5.64. The van der Waals surface area contributed by atoms with Crippen LogP contribution in [0.5, 0.6) is 0 Å². The lowest BCUT2D eigenvalue weighted by molar-refractivity contribution is 0.0966. The monoisotopic (exact) mass is 321 g/mol. The summed E-state index contributed by atoms with van der Waals surface area (Å²) in [6.45, 7) is 0.998. The Bertz CT molecular complexity index is 742. The maximum Gasteiger partial charge on any atom is 0.347 e. The third-order valence-corrected chi connectivity index (χ3v) is 3.88. The van der Waals surface area contributed by atoms with Crippen molar-refractivity contribution in [2.75, 3.05) is 18.4 Å². The Kier molecular flexibility index (Phi) is 5.01. The minimum absolute atomic E-state index is 0.0358. The van der Waals surface area contributed by atoms with E-state index in [1.165, 1.54) is 0 Å². The molecule has 2 amide bonds. The van der Waals surface area contributed by atoms with Gasteiger partial charge in [0.15, 0.2) is 5.78 Å². The molecule has 0 aromatic heterocycles. The molecule has 1 aliphatic rings. The number of aliphatic imine (C=N–C) groups is 1. The molecule has 1 heterocycles. The number of urea groups is 1. The fraction of sp³-hybridized carbons (Fsp3) is 0.211. The molecule has 0 bridgehead atoms. The van der Waals surface area contributed by atoms with Crippen LogP contribution in [-0.4, -0.2) is 35.6 Å². The fourth-order valence-electron chi connectivity index (χ4n) is 2.69. The SMILES string of the molecule is O=C(/N=C1/CCCN1CC(=O)c1ccccc1)Nc1ccccc1. The van der Waals surface area contributed by atoms with Crippen molar-refractivity contribution >= 4 is 23.3 Å². The van der Waals surface area contributed by atoms with Gasteiger partial charge in [-0.15, -0.1) is 0 Å². The highest BCUT2D eigenvalue weighted by molar-refractivity contribution is 6.03. The molecule has 5 heteroatoms. The summed E-state index contributed by atoms with van der Waals surface area (Å²) in [5.74, 6) is 0.710. The predicted molar refractivity (Wildman–Crippen MR) is 94.5 cm³/mol. The standard InChI is InChI=1S/C19H19N3O2/c23-17(15-8-3-1-4-9-15)14-22-13-7-12-18(22)21-19(24)20-16-10-5-2-6-11-16/h1-6,8-11H,7,12-14H2,(H,20,24)/b21-18-. The number of nitrogens with zero attached hydrogens (tertiary/aromatic N) is 2. The van der Waals surface area contributed by atoms with E-state index in [2.05, 4.69) is 10.3 Å². The van der Waals surface area contributed by atoms with Crippen molar-refractivity contribution in [2.24, 2.45) is 4.99 Å². The van der Waals surface area contributed by atoms with Gasteiger partial charge in [0.25, 0.3) is 0 Å². The number of Topliss-reactive ketones (excluding diaryl/α,β-unsaturated/α-hetero) is 1. The number of amidine groups is 1. The Balaban J connectivity index is 1.64. The molecule has 2 aromatic rings. The quantitative estimate of drug-likeness (QED) is 0.875. The number of para-hydroxylation sites is 1. The molecule has 0 saturated carbocycles. The van der Waals surface area contributed by atoms with Crippen LogP contribution >= 0.6 is 0 Å². The van der Waals surface area contributed by atoms with Gasteiger partial charge in [0.05, 0.1) is 6.54 Å². The van der Waals surface area contributed by atoms with E-state index in [1.807, 2.05) is 53.4 Å². The zero-order valence-electron chi connectivity index (χ0n) is 13.3. The minimum atomic E-state index is -0.407. The number of hydrogen-bond acceptors (Lipinski definition) is 2. The van der Waals surface area contributed by atoms with E-state index in [4.69, 9.17) is 0 Å². The van der Waals surface area contributed by atoms with Crippen LogP contribution in [0.1, 0.15) is 23.2 Å². The summed E-state index contributed by atoms with van der Waals surface area (Å²) in [5, 5.41) is 2.74. The molecule has 1 fully saturated rings. The highest BCUT2D eigenvalue weighted by Gasteiger charge is 2.22. The first kappa shape index (κ1) is 15.9. The summed E-state index contributed by atoms with van der Waals surface area (Å²) in [4.78, 5) is 30.4. The number of anilines is 1. The van der Waals surface area contributed by atoms with Crippen LogP contribution in [-0.2, 0) is 0 Å². The molecule has 0 radical (unpaired) electrons. The smallest absolute Gasteiger partial charge is 0.347 e. The van der Waals surface area contributed by atoms with Gasteiger partial charge >= 0.3 is 6.03 Å². The number of carbonyl (C=O) groups is 2. The molecule has 3 rings (SSSR count). The molecule has 24 heavy (non-hydrogen) atoms. The highest BCUT2D eigenvalue weighted by Crippen LogP contribution is 2.14. The number of rotatable bonds is 4. The average molecular weight is 321 g/mol. The van der Waals surface area contributed by atoms with Crippen LogP contribution in [0.15, 0.2) is 65.7 Å². The molecule has 0 aliphatic carbocycles. The Morgan fingerprint density at radius 3 is 2.38 bits per heavy atom. The van der Waals surface area contributed by atoms with E-state index >= 15 is 0 Å². The lowest BCUT2D eigenvalue weighted by atomic mass is 10.1. The number of nitrogens with one attached hydrogen (secondary N) is 1. The number of amides is 2. The molecule has 1 saturated heterocycles. The maximum absolute atomic E-state index is 12.3. The van der Waals surface area contributed by atoms with Crippen molar-refractivity contribution in [2.45, 2.75) is 12.8 Å². The second-order valence-corrected chi connectivity index (χ2v) is 5.64. The molecule has 0 spiro atoms. The van der Waals surface area contributed by atoms with E-state index in [0.717, 1.165) is 13.0 Å². The molecule has 1 N–H and O–H groups in total. The predicted octanol–water partition coefficient (Wildman–Crippen LogP) is 3.60. The maximum atomic E-state index is 12.3. The molecular formula is C19H19N3O2. The second kappa shape index (κ2) is 7.55. The summed E-state index contributed by atoms with van der Waals surface area (Å²) in [6, 6.07) is 18.0. The first-order chi connectivity index (χ1) is 11.7. The number of likely N-dealkylation sites (tertiary alicyclic amines) is 1. The summed E-state index contributed by atoms with van der Waals surface area (Å²) in [7, 11) is 0. The molecule has 0 unspecified atom stereocenters. The Labute approximate surface area is 141 Å². The van der Waals surface area contributed by atoms with Crippen molar-refractivity contribution in [1.82, 2.24) is 4.90 Å². The van der Waals surface area contributed by atoms with Crippen molar-refractivity contribution in [3.8, 4) is 0 Å². The summed E-state index contributed by atoms with van der Waals surface area (Å²) in [5.41, 5.74) is 1.38. The van der Waals surface area contributed by atoms with Crippen LogP contribution in [0.2, 0.25) is 0 Å². The number of benzene rings is 2. The lowest BCUT2D eigenvalue weighted by Crippen LogP contribution is -2.32. The van der Waals surface area contributed by atoms with Crippen molar-refractivity contribution in [3.63, 3.8) is 0 Å². The van der Waals surface area contributed by atoms with Crippen LogP contribution in [0, 0.1) is 0 Å². The lowest BCUT2D eigenvalue weighted by Gasteiger charge is -2.17. The van der Waals surface area contributed by atoms with Crippen LogP contribution < -0.4 is 5.32 Å². The third-order valence-electron chi connectivity index (χ3n) is 3.88. The molecule has 1 aliphatic heterocycles. The van der Waals surface area contributed by atoms with Gasteiger partial charge in [-0.2, -0.15) is 4.99 Å².